The zero-order chi connectivity index (χ0) is 22.5. The molecule has 0 saturated carbocycles. The highest BCUT2D eigenvalue weighted by Gasteiger charge is 2.34. The molecule has 3 rings (SSSR count). The second kappa shape index (κ2) is 10.1. The van der Waals surface area contributed by atoms with Crippen molar-refractivity contribution in [1.29, 1.82) is 0 Å². The third kappa shape index (κ3) is 5.66. The van der Waals surface area contributed by atoms with Gasteiger partial charge in [0, 0.05) is 5.41 Å². The Balaban J connectivity index is 1.73. The summed E-state index contributed by atoms with van der Waals surface area (Å²) < 4.78 is 17.2. The number of rotatable bonds is 12. The van der Waals surface area contributed by atoms with Crippen molar-refractivity contribution in [1.82, 2.24) is 0 Å². The highest BCUT2D eigenvalue weighted by atomic mass is 16.6. The first-order valence-electron chi connectivity index (χ1n) is 11.2. The monoisotopic (exact) mass is 428 g/mol. The van der Waals surface area contributed by atoms with E-state index in [1.807, 2.05) is 12.1 Å². The van der Waals surface area contributed by atoms with E-state index in [9.17, 15) is 5.11 Å². The second-order valence-electron chi connectivity index (χ2n) is 8.84. The van der Waals surface area contributed by atoms with Gasteiger partial charge in [-0.15, -0.1) is 0 Å². The van der Waals surface area contributed by atoms with Crippen molar-refractivity contribution in [3.63, 3.8) is 0 Å². The van der Waals surface area contributed by atoms with E-state index in [0.29, 0.717) is 12.4 Å². The lowest BCUT2D eigenvalue weighted by molar-refractivity contribution is -0.0624. The third-order valence-electron chi connectivity index (χ3n) is 6.45. The summed E-state index contributed by atoms with van der Waals surface area (Å²) >= 11 is 0. The summed E-state index contributed by atoms with van der Waals surface area (Å²) in [6.07, 6.45) is 1.24. The summed E-state index contributed by atoms with van der Waals surface area (Å²) in [6.45, 7) is 10.0. The predicted molar refractivity (Wildman–Crippen MR) is 122 cm³/mol. The van der Waals surface area contributed by atoms with Crippen molar-refractivity contribution in [3.8, 4) is 5.75 Å². The lowest BCUT2D eigenvalue weighted by Crippen LogP contribution is -2.30. The Morgan fingerprint density at radius 3 is 1.97 bits per heavy atom. The van der Waals surface area contributed by atoms with Gasteiger partial charge < -0.3 is 24.4 Å². The van der Waals surface area contributed by atoms with Crippen molar-refractivity contribution in [2.45, 2.75) is 63.8 Å². The molecule has 1 fully saturated rings. The van der Waals surface area contributed by atoms with E-state index in [1.165, 1.54) is 16.7 Å². The summed E-state index contributed by atoms with van der Waals surface area (Å²) in [5, 5.41) is 18.3. The quantitative estimate of drug-likeness (QED) is 0.497. The molecule has 0 spiro atoms. The summed E-state index contributed by atoms with van der Waals surface area (Å²) in [7, 11) is 0. The van der Waals surface area contributed by atoms with E-state index in [4.69, 9.17) is 19.3 Å². The van der Waals surface area contributed by atoms with Crippen molar-refractivity contribution in [2.24, 2.45) is 0 Å². The van der Waals surface area contributed by atoms with Crippen molar-refractivity contribution in [3.05, 3.63) is 65.2 Å². The van der Waals surface area contributed by atoms with Gasteiger partial charge in [0.1, 0.15) is 24.6 Å². The van der Waals surface area contributed by atoms with Crippen LogP contribution in [0, 0.1) is 0 Å². The molecule has 0 aliphatic carbocycles. The van der Waals surface area contributed by atoms with E-state index in [0.717, 1.165) is 19.4 Å². The number of hydrogen-bond acceptors (Lipinski definition) is 5. The molecule has 2 aromatic rings. The van der Waals surface area contributed by atoms with Gasteiger partial charge in [0.2, 0.25) is 0 Å². The van der Waals surface area contributed by atoms with Gasteiger partial charge in [0.25, 0.3) is 0 Å². The number of aliphatic hydroxyl groups is 2. The Hall–Kier alpha value is -1.92. The van der Waals surface area contributed by atoms with Crippen molar-refractivity contribution in [2.75, 3.05) is 26.4 Å². The molecular formula is C26H36O5. The van der Waals surface area contributed by atoms with Gasteiger partial charge in [-0.3, -0.25) is 0 Å². The maximum atomic E-state index is 9.44. The normalized spacial score (nSPS) is 17.4. The fraction of sp³-hybridized carbons (Fsp3) is 0.538. The fourth-order valence-electron chi connectivity index (χ4n) is 3.93. The molecule has 170 valence electrons. The van der Waals surface area contributed by atoms with Gasteiger partial charge in [-0.25, -0.2) is 0 Å². The van der Waals surface area contributed by atoms with Gasteiger partial charge in [-0.05, 0) is 41.7 Å². The molecule has 5 heteroatoms. The van der Waals surface area contributed by atoms with Crippen LogP contribution < -0.4 is 4.74 Å². The van der Waals surface area contributed by atoms with Gasteiger partial charge >= 0.3 is 0 Å². The molecule has 2 N–H and O–H groups in total. The zero-order valence-electron chi connectivity index (χ0n) is 19.1. The average Bonchev–Trinajstić information content (AvgIpc) is 3.63. The molecule has 1 saturated heterocycles. The van der Waals surface area contributed by atoms with E-state index in [2.05, 4.69) is 64.1 Å². The fourth-order valence-corrected chi connectivity index (χ4v) is 3.93. The van der Waals surface area contributed by atoms with E-state index in [1.54, 1.807) is 0 Å². The first-order chi connectivity index (χ1) is 14.8. The zero-order valence-corrected chi connectivity index (χ0v) is 19.1. The van der Waals surface area contributed by atoms with Crippen LogP contribution in [0.4, 0.5) is 0 Å². The highest BCUT2D eigenvalue weighted by Crippen LogP contribution is 2.37. The van der Waals surface area contributed by atoms with Crippen molar-refractivity contribution >= 4 is 0 Å². The molecule has 5 nitrogen and oxygen atoms in total. The summed E-state index contributed by atoms with van der Waals surface area (Å²) in [6, 6.07) is 16.7. The van der Waals surface area contributed by atoms with Crippen LogP contribution >= 0.6 is 0 Å². The number of hydrogen-bond donors (Lipinski definition) is 2. The summed E-state index contributed by atoms with van der Waals surface area (Å²) in [5.74, 6) is 0.676. The molecule has 0 radical (unpaired) electrons. The van der Waals surface area contributed by atoms with Gasteiger partial charge in [0.05, 0.1) is 25.4 Å². The van der Waals surface area contributed by atoms with E-state index >= 15 is 0 Å². The molecule has 1 aliphatic heterocycles. The lowest BCUT2D eigenvalue weighted by Gasteiger charge is -2.33. The predicted octanol–water partition coefficient (Wildman–Crippen LogP) is 4.18. The smallest absolute Gasteiger partial charge is 0.119 e. The van der Waals surface area contributed by atoms with E-state index in [-0.39, 0.29) is 30.3 Å². The van der Waals surface area contributed by atoms with Crippen LogP contribution in [0.3, 0.4) is 0 Å². The van der Waals surface area contributed by atoms with Crippen LogP contribution in [0.25, 0.3) is 0 Å². The summed E-state index contributed by atoms with van der Waals surface area (Å²) in [4.78, 5) is 0. The van der Waals surface area contributed by atoms with Crippen molar-refractivity contribution < 1.29 is 24.4 Å². The Morgan fingerprint density at radius 2 is 1.48 bits per heavy atom. The standard InChI is InChI=1S/C26H36O5/c1-5-26(6-2,31-18-24-17-30-24)21-9-7-19(8-10-21)25(3,4)20-11-13-23(14-12-20)29-16-22(28)15-27/h7-14,22,24,27-28H,5-6,15-18H2,1-4H3. The molecule has 2 unspecified atom stereocenters. The molecule has 2 aromatic carbocycles. The number of benzene rings is 2. The Morgan fingerprint density at radius 1 is 0.968 bits per heavy atom. The highest BCUT2D eigenvalue weighted by molar-refractivity contribution is 5.41. The minimum Gasteiger partial charge on any atom is -0.491 e. The van der Waals surface area contributed by atoms with Crippen LogP contribution in [0.1, 0.15) is 57.2 Å². The topological polar surface area (TPSA) is 71.5 Å². The Labute approximate surface area is 186 Å². The molecule has 2 atom stereocenters. The minimum atomic E-state index is -0.867. The number of epoxide rings is 1. The first kappa shape index (κ1) is 23.7. The largest absolute Gasteiger partial charge is 0.491 e. The first-order valence-corrected chi connectivity index (χ1v) is 11.2. The number of aliphatic hydroxyl groups excluding tert-OH is 2. The molecule has 31 heavy (non-hydrogen) atoms. The molecule has 1 heterocycles. The Kier molecular flexibility index (Phi) is 7.76. The van der Waals surface area contributed by atoms with Gasteiger partial charge in [-0.2, -0.15) is 0 Å². The summed E-state index contributed by atoms with van der Waals surface area (Å²) in [5.41, 5.74) is 3.17. The molecule has 0 aromatic heterocycles. The van der Waals surface area contributed by atoms with Crippen LogP contribution in [0.15, 0.2) is 48.5 Å². The maximum Gasteiger partial charge on any atom is 0.119 e. The van der Waals surface area contributed by atoms with Gasteiger partial charge in [0.15, 0.2) is 0 Å². The molecule has 1 aliphatic rings. The minimum absolute atomic E-state index is 0.0756. The van der Waals surface area contributed by atoms with Crippen LogP contribution in [0.2, 0.25) is 0 Å². The Bertz CT molecular complexity index is 805. The number of ether oxygens (including phenoxy) is 3. The average molecular weight is 429 g/mol. The maximum absolute atomic E-state index is 9.44. The second-order valence-corrected chi connectivity index (χ2v) is 8.84. The SMILES string of the molecule is CCC(CC)(OCC1CO1)c1ccc(C(C)(C)c2ccc(OCC(O)CO)cc2)cc1. The molecule has 0 amide bonds. The van der Waals surface area contributed by atoms with Crippen LogP contribution in [-0.2, 0) is 20.5 Å². The van der Waals surface area contributed by atoms with Gasteiger partial charge in [-0.1, -0.05) is 64.1 Å². The van der Waals surface area contributed by atoms with Crippen LogP contribution in [-0.4, -0.2) is 48.8 Å². The third-order valence-corrected chi connectivity index (χ3v) is 6.45. The van der Waals surface area contributed by atoms with Crippen LogP contribution in [0.5, 0.6) is 5.75 Å². The van der Waals surface area contributed by atoms with E-state index < -0.39 is 6.10 Å². The lowest BCUT2D eigenvalue weighted by atomic mass is 9.77. The molecular weight excluding hydrogens is 392 g/mol. The molecule has 0 bridgehead atoms.